The second kappa shape index (κ2) is 38.6. The van der Waals surface area contributed by atoms with Crippen LogP contribution in [0.2, 0.25) is 0 Å². The minimum absolute atomic E-state index is 0.153. The van der Waals surface area contributed by atoms with Gasteiger partial charge in [0, 0.05) is 6.42 Å². The van der Waals surface area contributed by atoms with Crippen LogP contribution in [0.3, 0.4) is 0 Å². The fourth-order valence-corrected chi connectivity index (χ4v) is 6.49. The van der Waals surface area contributed by atoms with Gasteiger partial charge in [0.1, 0.15) is 6.10 Å². The molecule has 48 heavy (non-hydrogen) atoms. The van der Waals surface area contributed by atoms with E-state index >= 15 is 0 Å². The zero-order chi connectivity index (χ0) is 35.2. The van der Waals surface area contributed by atoms with E-state index in [1.807, 2.05) is 0 Å². The molecule has 3 unspecified atom stereocenters. The molecule has 4 N–H and O–H groups in total. The maximum Gasteiger partial charge on any atom is 0.220 e. The summed E-state index contributed by atoms with van der Waals surface area (Å²) in [5.41, 5.74) is 0. The standard InChI is InChI=1S/C43H83NO4/c1-3-5-7-9-11-13-15-16-17-18-19-20-21-22-23-24-25-26-28-30-32-34-36-38-42(47)44-40(39-45)43(48)41(46)37-35-33-31-29-27-14-12-10-8-6-4-2/h19-20,22-23,40-41,43,45-46,48H,3-18,21,24-39H2,1-2H3,(H,44,47)/b20-19-,23-22-. The largest absolute Gasteiger partial charge is 0.394 e. The Morgan fingerprint density at radius 3 is 1.31 bits per heavy atom. The van der Waals surface area contributed by atoms with E-state index in [9.17, 15) is 20.1 Å². The van der Waals surface area contributed by atoms with Crippen molar-refractivity contribution in [2.45, 2.75) is 238 Å². The van der Waals surface area contributed by atoms with Crippen LogP contribution >= 0.6 is 0 Å². The number of nitrogens with one attached hydrogen (secondary N) is 1. The summed E-state index contributed by atoms with van der Waals surface area (Å²) in [6, 6.07) is -0.810. The van der Waals surface area contributed by atoms with Crippen molar-refractivity contribution in [1.82, 2.24) is 5.32 Å². The average molecular weight is 678 g/mol. The molecule has 3 atom stereocenters. The summed E-state index contributed by atoms with van der Waals surface area (Å²) < 4.78 is 0. The summed E-state index contributed by atoms with van der Waals surface area (Å²) in [7, 11) is 0. The van der Waals surface area contributed by atoms with Gasteiger partial charge in [-0.25, -0.2) is 0 Å². The summed E-state index contributed by atoms with van der Waals surface area (Å²) in [6.45, 7) is 4.16. The number of allylic oxidation sites excluding steroid dienone is 4. The lowest BCUT2D eigenvalue weighted by Crippen LogP contribution is -2.50. The quantitative estimate of drug-likeness (QED) is 0.0387. The Hall–Kier alpha value is -1.17. The second-order valence-electron chi connectivity index (χ2n) is 14.5. The van der Waals surface area contributed by atoms with E-state index in [0.717, 1.165) is 51.4 Å². The topological polar surface area (TPSA) is 89.8 Å². The Labute approximate surface area is 299 Å². The molecule has 0 aliphatic rings. The first kappa shape index (κ1) is 46.8. The number of aliphatic hydroxyl groups excluding tert-OH is 3. The van der Waals surface area contributed by atoms with Crippen molar-refractivity contribution in [1.29, 1.82) is 0 Å². The van der Waals surface area contributed by atoms with Gasteiger partial charge in [0.15, 0.2) is 0 Å². The molecule has 0 aliphatic heterocycles. The first-order valence-electron chi connectivity index (χ1n) is 21.1. The molecule has 0 spiro atoms. The van der Waals surface area contributed by atoms with Crippen molar-refractivity contribution in [2.24, 2.45) is 0 Å². The Balaban J connectivity index is 3.63. The number of carbonyl (C=O) groups is 1. The summed E-state index contributed by atoms with van der Waals surface area (Å²) in [6.07, 6.45) is 45.7. The summed E-state index contributed by atoms with van der Waals surface area (Å²) >= 11 is 0. The van der Waals surface area contributed by atoms with Gasteiger partial charge in [0.05, 0.1) is 18.8 Å². The monoisotopic (exact) mass is 678 g/mol. The first-order valence-corrected chi connectivity index (χ1v) is 21.1. The van der Waals surface area contributed by atoms with E-state index in [2.05, 4.69) is 43.5 Å². The van der Waals surface area contributed by atoms with Gasteiger partial charge in [-0.05, 0) is 44.9 Å². The van der Waals surface area contributed by atoms with E-state index in [4.69, 9.17) is 0 Å². The minimum atomic E-state index is -1.14. The minimum Gasteiger partial charge on any atom is -0.394 e. The van der Waals surface area contributed by atoms with Crippen LogP contribution in [0.5, 0.6) is 0 Å². The van der Waals surface area contributed by atoms with Gasteiger partial charge in [-0.3, -0.25) is 4.79 Å². The smallest absolute Gasteiger partial charge is 0.220 e. The molecule has 5 nitrogen and oxygen atoms in total. The molecule has 0 rings (SSSR count). The molecule has 0 fully saturated rings. The van der Waals surface area contributed by atoms with Crippen molar-refractivity contribution >= 4 is 5.91 Å². The molecule has 0 aromatic rings. The van der Waals surface area contributed by atoms with Crippen molar-refractivity contribution in [3.05, 3.63) is 24.3 Å². The van der Waals surface area contributed by atoms with E-state index < -0.39 is 18.2 Å². The maximum absolute atomic E-state index is 12.4. The van der Waals surface area contributed by atoms with E-state index in [-0.39, 0.29) is 12.5 Å². The SMILES string of the molecule is CCCCCCCCCCC/C=C\C/C=C\CCCCCCCCCC(=O)NC(CO)C(O)C(O)CCCCCCCCCCCCC. The second-order valence-corrected chi connectivity index (χ2v) is 14.5. The van der Waals surface area contributed by atoms with Gasteiger partial charge in [-0.15, -0.1) is 0 Å². The van der Waals surface area contributed by atoms with Crippen LogP contribution < -0.4 is 5.32 Å². The lowest BCUT2D eigenvalue weighted by molar-refractivity contribution is -0.124. The van der Waals surface area contributed by atoms with Gasteiger partial charge >= 0.3 is 0 Å². The van der Waals surface area contributed by atoms with Crippen LogP contribution in [0, 0.1) is 0 Å². The van der Waals surface area contributed by atoms with Gasteiger partial charge in [-0.2, -0.15) is 0 Å². The first-order chi connectivity index (χ1) is 23.6. The molecule has 0 aromatic heterocycles. The highest BCUT2D eigenvalue weighted by Gasteiger charge is 2.26. The molecular weight excluding hydrogens is 594 g/mol. The molecule has 5 heteroatoms. The lowest BCUT2D eigenvalue weighted by atomic mass is 9.99. The number of hydrogen-bond acceptors (Lipinski definition) is 4. The van der Waals surface area contributed by atoms with Crippen LogP contribution in [0.15, 0.2) is 24.3 Å². The van der Waals surface area contributed by atoms with E-state index in [1.165, 1.54) is 141 Å². The summed E-state index contributed by atoms with van der Waals surface area (Å²) in [5, 5.41) is 33.4. The predicted octanol–water partition coefficient (Wildman–Crippen LogP) is 11.8. The molecule has 0 bridgehead atoms. The number of amides is 1. The van der Waals surface area contributed by atoms with Crippen molar-refractivity contribution in [3.63, 3.8) is 0 Å². The van der Waals surface area contributed by atoms with Gasteiger partial charge in [-0.1, -0.05) is 192 Å². The maximum atomic E-state index is 12.4. The fraction of sp³-hybridized carbons (Fsp3) is 0.884. The third kappa shape index (κ3) is 33.3. The van der Waals surface area contributed by atoms with Gasteiger partial charge in [0.25, 0.3) is 0 Å². The molecule has 0 aromatic carbocycles. The molecule has 1 amide bonds. The number of aliphatic hydroxyl groups is 3. The van der Waals surface area contributed by atoms with Crippen molar-refractivity contribution in [2.75, 3.05) is 6.61 Å². The molecular formula is C43H83NO4. The number of carbonyl (C=O) groups excluding carboxylic acids is 1. The third-order valence-corrected chi connectivity index (χ3v) is 9.81. The molecule has 0 radical (unpaired) electrons. The van der Waals surface area contributed by atoms with Crippen LogP contribution in [0.25, 0.3) is 0 Å². The van der Waals surface area contributed by atoms with E-state index in [0.29, 0.717) is 12.8 Å². The Kier molecular flexibility index (Phi) is 37.7. The molecule has 0 saturated carbocycles. The van der Waals surface area contributed by atoms with Crippen LogP contribution in [0.4, 0.5) is 0 Å². The Morgan fingerprint density at radius 2 is 0.896 bits per heavy atom. The Morgan fingerprint density at radius 1 is 0.521 bits per heavy atom. The summed E-state index contributed by atoms with van der Waals surface area (Å²) in [5.74, 6) is -0.153. The number of hydrogen-bond donors (Lipinski definition) is 4. The fourth-order valence-electron chi connectivity index (χ4n) is 6.49. The molecule has 0 saturated heterocycles. The zero-order valence-electron chi connectivity index (χ0n) is 32.1. The van der Waals surface area contributed by atoms with Gasteiger partial charge < -0.3 is 20.6 Å². The van der Waals surface area contributed by atoms with Crippen LogP contribution in [0.1, 0.15) is 219 Å². The van der Waals surface area contributed by atoms with Crippen molar-refractivity contribution < 1.29 is 20.1 Å². The highest BCUT2D eigenvalue weighted by Crippen LogP contribution is 2.15. The number of rotatable bonds is 38. The van der Waals surface area contributed by atoms with Crippen LogP contribution in [-0.2, 0) is 4.79 Å². The van der Waals surface area contributed by atoms with E-state index in [1.54, 1.807) is 0 Å². The zero-order valence-corrected chi connectivity index (χ0v) is 32.1. The molecule has 0 aliphatic carbocycles. The summed E-state index contributed by atoms with van der Waals surface area (Å²) in [4.78, 5) is 12.4. The highest BCUT2D eigenvalue weighted by molar-refractivity contribution is 5.76. The average Bonchev–Trinajstić information content (AvgIpc) is 3.09. The number of unbranched alkanes of at least 4 members (excludes halogenated alkanes) is 26. The van der Waals surface area contributed by atoms with Gasteiger partial charge in [0.2, 0.25) is 5.91 Å². The normalized spacial score (nSPS) is 13.9. The lowest BCUT2D eigenvalue weighted by Gasteiger charge is -2.26. The molecule has 0 heterocycles. The third-order valence-electron chi connectivity index (χ3n) is 9.81. The highest BCUT2D eigenvalue weighted by atomic mass is 16.3. The predicted molar refractivity (Wildman–Crippen MR) is 208 cm³/mol. The van der Waals surface area contributed by atoms with Crippen LogP contribution in [-0.4, -0.2) is 46.1 Å². The molecule has 284 valence electrons. The van der Waals surface area contributed by atoms with Crippen molar-refractivity contribution in [3.8, 4) is 0 Å². The Bertz CT molecular complexity index is 709.